The minimum absolute atomic E-state index is 0.0146. The van der Waals surface area contributed by atoms with Gasteiger partial charge >= 0.3 is 6.09 Å². The Morgan fingerprint density at radius 3 is 2.81 bits per heavy atom. The van der Waals surface area contributed by atoms with Crippen LogP contribution in [0.15, 0.2) is 6.20 Å². The van der Waals surface area contributed by atoms with Gasteiger partial charge in [0.05, 0.1) is 11.9 Å². The van der Waals surface area contributed by atoms with Crippen LogP contribution in [-0.2, 0) is 0 Å². The van der Waals surface area contributed by atoms with Gasteiger partial charge in [-0.15, -0.1) is 0 Å². The van der Waals surface area contributed by atoms with Crippen LogP contribution < -0.4 is 16.4 Å². The van der Waals surface area contributed by atoms with Crippen LogP contribution in [0.2, 0.25) is 0 Å². The first-order valence-corrected chi connectivity index (χ1v) is 6.90. The van der Waals surface area contributed by atoms with Gasteiger partial charge in [-0.05, 0) is 27.2 Å². The molecule has 1 saturated heterocycles. The number of hydrogen-bond acceptors (Lipinski definition) is 6. The van der Waals surface area contributed by atoms with Crippen molar-refractivity contribution in [2.24, 2.45) is 0 Å². The van der Waals surface area contributed by atoms with Crippen LogP contribution in [0.4, 0.5) is 22.2 Å². The molecule has 1 aliphatic rings. The number of amides is 1. The minimum Gasteiger partial charge on any atom is -0.465 e. The van der Waals surface area contributed by atoms with Crippen LogP contribution in [0.25, 0.3) is 0 Å². The maximum atomic E-state index is 10.9. The minimum atomic E-state index is -0.898. The molecule has 1 aliphatic heterocycles. The molecule has 2 heterocycles. The molecule has 2 rings (SSSR count). The van der Waals surface area contributed by atoms with Crippen molar-refractivity contribution in [1.82, 2.24) is 14.9 Å². The van der Waals surface area contributed by atoms with Gasteiger partial charge in [0, 0.05) is 24.7 Å². The Labute approximate surface area is 123 Å². The number of likely N-dealkylation sites (tertiary alicyclic amines) is 1. The van der Waals surface area contributed by atoms with Crippen molar-refractivity contribution in [3.63, 3.8) is 0 Å². The van der Waals surface area contributed by atoms with Gasteiger partial charge < -0.3 is 26.4 Å². The predicted octanol–water partition coefficient (Wildman–Crippen LogP) is 1.43. The monoisotopic (exact) mass is 294 g/mol. The average Bonchev–Trinajstić information content (AvgIpc) is 2.80. The van der Waals surface area contributed by atoms with Gasteiger partial charge in [-0.2, -0.15) is 4.98 Å². The van der Waals surface area contributed by atoms with Crippen molar-refractivity contribution < 1.29 is 9.90 Å². The van der Waals surface area contributed by atoms with Gasteiger partial charge in [0.25, 0.3) is 0 Å². The second-order valence-corrected chi connectivity index (χ2v) is 6.23. The fourth-order valence-electron chi connectivity index (χ4n) is 2.15. The molecule has 21 heavy (non-hydrogen) atoms. The summed E-state index contributed by atoms with van der Waals surface area (Å²) in [5.41, 5.74) is 6.18. The molecule has 0 spiro atoms. The third-order valence-electron chi connectivity index (χ3n) is 3.10. The lowest BCUT2D eigenvalue weighted by atomic mass is 10.1. The molecule has 1 aromatic rings. The van der Waals surface area contributed by atoms with Gasteiger partial charge in [-0.1, -0.05) is 0 Å². The van der Waals surface area contributed by atoms with Crippen LogP contribution in [0.3, 0.4) is 0 Å². The molecular formula is C13H22N6O2. The highest BCUT2D eigenvalue weighted by Gasteiger charge is 2.26. The lowest BCUT2D eigenvalue weighted by Crippen LogP contribution is -2.31. The number of aromatic nitrogens is 2. The fraction of sp³-hybridized carbons (Fsp3) is 0.615. The molecule has 1 unspecified atom stereocenters. The highest BCUT2D eigenvalue weighted by molar-refractivity contribution is 5.66. The van der Waals surface area contributed by atoms with E-state index in [2.05, 4.69) is 20.6 Å². The zero-order chi connectivity index (χ0) is 15.6. The molecule has 0 aromatic carbocycles. The topological polar surface area (TPSA) is 116 Å². The molecule has 5 N–H and O–H groups in total. The number of nitrogens with one attached hydrogen (secondary N) is 2. The second-order valence-electron chi connectivity index (χ2n) is 6.23. The summed E-state index contributed by atoms with van der Waals surface area (Å²) in [6.45, 7) is 7.00. The Kier molecular flexibility index (Phi) is 4.06. The largest absolute Gasteiger partial charge is 0.465 e. The Morgan fingerprint density at radius 1 is 1.52 bits per heavy atom. The van der Waals surface area contributed by atoms with Gasteiger partial charge in [-0.3, -0.25) is 0 Å². The molecule has 0 aliphatic carbocycles. The van der Waals surface area contributed by atoms with E-state index in [0.29, 0.717) is 30.5 Å². The number of anilines is 3. The summed E-state index contributed by atoms with van der Waals surface area (Å²) >= 11 is 0. The Hall–Kier alpha value is -2.25. The Bertz CT molecular complexity index is 528. The van der Waals surface area contributed by atoms with Crippen molar-refractivity contribution in [1.29, 1.82) is 0 Å². The summed E-state index contributed by atoms with van der Waals surface area (Å²) in [5, 5.41) is 15.3. The van der Waals surface area contributed by atoms with Crippen molar-refractivity contribution >= 4 is 23.5 Å². The first kappa shape index (κ1) is 15.1. The highest BCUT2D eigenvalue weighted by Crippen LogP contribution is 2.21. The molecule has 1 amide bonds. The summed E-state index contributed by atoms with van der Waals surface area (Å²) in [5.74, 6) is 1.03. The van der Waals surface area contributed by atoms with E-state index in [-0.39, 0.29) is 11.6 Å². The van der Waals surface area contributed by atoms with E-state index < -0.39 is 6.09 Å². The van der Waals surface area contributed by atoms with Crippen molar-refractivity contribution in [3.05, 3.63) is 6.20 Å². The van der Waals surface area contributed by atoms with Crippen LogP contribution in [0.5, 0.6) is 0 Å². The van der Waals surface area contributed by atoms with Crippen LogP contribution in [-0.4, -0.2) is 50.7 Å². The molecule has 0 saturated carbocycles. The number of hydrogen-bond donors (Lipinski definition) is 4. The number of nitrogens with two attached hydrogens (primary N) is 1. The third-order valence-corrected chi connectivity index (χ3v) is 3.10. The molecule has 8 heteroatoms. The first-order chi connectivity index (χ1) is 9.74. The Balaban J connectivity index is 2.06. The quantitative estimate of drug-likeness (QED) is 0.666. The highest BCUT2D eigenvalue weighted by atomic mass is 16.4. The third kappa shape index (κ3) is 4.11. The molecule has 8 nitrogen and oxygen atoms in total. The van der Waals surface area contributed by atoms with E-state index in [4.69, 9.17) is 10.8 Å². The predicted molar refractivity (Wildman–Crippen MR) is 81.4 cm³/mol. The average molecular weight is 294 g/mol. The number of rotatable bonds is 3. The molecule has 116 valence electrons. The summed E-state index contributed by atoms with van der Waals surface area (Å²) in [4.78, 5) is 20.8. The Morgan fingerprint density at radius 2 is 2.24 bits per heavy atom. The maximum Gasteiger partial charge on any atom is 0.407 e. The first-order valence-electron chi connectivity index (χ1n) is 6.90. The van der Waals surface area contributed by atoms with E-state index in [0.717, 1.165) is 6.42 Å². The molecule has 1 fully saturated rings. The number of carbonyl (C=O) groups is 1. The summed E-state index contributed by atoms with van der Waals surface area (Å²) in [6.07, 6.45) is 1.38. The number of nitrogens with zero attached hydrogens (tertiary/aromatic N) is 3. The van der Waals surface area contributed by atoms with E-state index in [1.54, 1.807) is 6.20 Å². The number of carboxylic acid groups (broad SMARTS) is 1. The second kappa shape index (κ2) is 5.63. The van der Waals surface area contributed by atoms with E-state index in [9.17, 15) is 4.79 Å². The molecule has 0 bridgehead atoms. The van der Waals surface area contributed by atoms with Crippen molar-refractivity contribution in [2.45, 2.75) is 38.8 Å². The van der Waals surface area contributed by atoms with Crippen LogP contribution in [0, 0.1) is 0 Å². The van der Waals surface area contributed by atoms with Crippen molar-refractivity contribution in [2.75, 3.05) is 29.5 Å². The van der Waals surface area contributed by atoms with Crippen LogP contribution in [0.1, 0.15) is 27.2 Å². The zero-order valence-electron chi connectivity index (χ0n) is 12.6. The smallest absolute Gasteiger partial charge is 0.407 e. The lowest BCUT2D eigenvalue weighted by molar-refractivity contribution is 0.155. The van der Waals surface area contributed by atoms with E-state index in [1.165, 1.54) is 4.90 Å². The van der Waals surface area contributed by atoms with Gasteiger partial charge in [0.1, 0.15) is 0 Å². The molecular weight excluding hydrogens is 272 g/mol. The fourth-order valence-corrected chi connectivity index (χ4v) is 2.15. The standard InChI is InChI=1S/C13H22N6O2/c1-13(2,3)18-11-15-6-9(14)10(17-11)16-8-4-5-19(7-8)12(20)21/h6,8H,4-5,7,14H2,1-3H3,(H,20,21)(H2,15,16,17,18). The number of nitrogen functional groups attached to an aromatic ring is 1. The molecule has 1 atom stereocenters. The van der Waals surface area contributed by atoms with Gasteiger partial charge in [0.2, 0.25) is 5.95 Å². The van der Waals surface area contributed by atoms with Crippen molar-refractivity contribution in [3.8, 4) is 0 Å². The molecule has 1 aromatic heterocycles. The summed E-state index contributed by atoms with van der Waals surface area (Å²) in [7, 11) is 0. The SMILES string of the molecule is CC(C)(C)Nc1ncc(N)c(NC2CCN(C(=O)O)C2)n1. The lowest BCUT2D eigenvalue weighted by Gasteiger charge is -2.21. The summed E-state index contributed by atoms with van der Waals surface area (Å²) < 4.78 is 0. The van der Waals surface area contributed by atoms with Crippen LogP contribution >= 0.6 is 0 Å². The zero-order valence-corrected chi connectivity index (χ0v) is 12.6. The normalized spacial score (nSPS) is 18.6. The van der Waals surface area contributed by atoms with E-state index >= 15 is 0 Å². The van der Waals surface area contributed by atoms with Gasteiger partial charge in [0.15, 0.2) is 5.82 Å². The maximum absolute atomic E-state index is 10.9. The van der Waals surface area contributed by atoms with Gasteiger partial charge in [-0.25, -0.2) is 9.78 Å². The summed E-state index contributed by atoms with van der Waals surface area (Å²) in [6, 6.07) is 0.0146. The molecule has 0 radical (unpaired) electrons. The van der Waals surface area contributed by atoms with E-state index in [1.807, 2.05) is 20.8 Å².